The minimum atomic E-state index is 0.0484. The van der Waals surface area contributed by atoms with Gasteiger partial charge in [0.25, 0.3) is 0 Å². The van der Waals surface area contributed by atoms with E-state index in [1.807, 2.05) is 12.1 Å². The standard InChI is InChI=1S/C12H17BrN2OS/c1-3-15-7-9-6-10(13)4-5-11(9)17-8-12(16)14-2/h4-6,15H,3,7-8H2,1-2H3,(H,14,16). The Morgan fingerprint density at radius 2 is 2.24 bits per heavy atom. The first kappa shape index (κ1) is 14.5. The molecule has 0 aromatic heterocycles. The van der Waals surface area contributed by atoms with Crippen LogP contribution in [0.5, 0.6) is 0 Å². The Kier molecular flexibility index (Phi) is 6.62. The predicted octanol–water partition coefficient (Wildman–Crippen LogP) is 2.40. The number of benzene rings is 1. The van der Waals surface area contributed by atoms with Gasteiger partial charge in [0.15, 0.2) is 0 Å². The number of amides is 1. The van der Waals surface area contributed by atoms with E-state index in [-0.39, 0.29) is 5.91 Å². The number of hydrogen-bond acceptors (Lipinski definition) is 3. The second-order valence-electron chi connectivity index (χ2n) is 3.49. The van der Waals surface area contributed by atoms with Crippen LogP contribution in [0.3, 0.4) is 0 Å². The number of hydrogen-bond donors (Lipinski definition) is 2. The molecule has 2 N–H and O–H groups in total. The van der Waals surface area contributed by atoms with Crippen molar-refractivity contribution in [2.45, 2.75) is 18.4 Å². The topological polar surface area (TPSA) is 41.1 Å². The van der Waals surface area contributed by atoms with Crippen LogP contribution in [0.15, 0.2) is 27.6 Å². The lowest BCUT2D eigenvalue weighted by Gasteiger charge is -2.10. The van der Waals surface area contributed by atoms with Crippen LogP contribution in [-0.4, -0.2) is 25.3 Å². The third-order valence-corrected chi connectivity index (χ3v) is 3.83. The van der Waals surface area contributed by atoms with Crippen molar-refractivity contribution in [3.05, 3.63) is 28.2 Å². The summed E-state index contributed by atoms with van der Waals surface area (Å²) in [6.07, 6.45) is 0. The smallest absolute Gasteiger partial charge is 0.230 e. The van der Waals surface area contributed by atoms with Crippen molar-refractivity contribution in [2.75, 3.05) is 19.3 Å². The maximum Gasteiger partial charge on any atom is 0.230 e. The Morgan fingerprint density at radius 1 is 1.47 bits per heavy atom. The van der Waals surface area contributed by atoms with Crippen LogP contribution in [0.25, 0.3) is 0 Å². The fourth-order valence-corrected chi connectivity index (χ4v) is 2.62. The summed E-state index contributed by atoms with van der Waals surface area (Å²) in [6, 6.07) is 6.14. The summed E-state index contributed by atoms with van der Waals surface area (Å²) >= 11 is 5.03. The van der Waals surface area contributed by atoms with Gasteiger partial charge in [-0.2, -0.15) is 0 Å². The molecule has 0 saturated heterocycles. The fourth-order valence-electron chi connectivity index (χ4n) is 1.30. The summed E-state index contributed by atoms with van der Waals surface area (Å²) in [6.45, 7) is 3.84. The van der Waals surface area contributed by atoms with E-state index in [4.69, 9.17) is 0 Å². The quantitative estimate of drug-likeness (QED) is 0.792. The lowest BCUT2D eigenvalue weighted by atomic mass is 10.2. The first-order chi connectivity index (χ1) is 8.17. The van der Waals surface area contributed by atoms with Crippen molar-refractivity contribution in [1.82, 2.24) is 10.6 Å². The van der Waals surface area contributed by atoms with Crippen LogP contribution in [0.2, 0.25) is 0 Å². The molecule has 0 fully saturated rings. The van der Waals surface area contributed by atoms with Crippen molar-refractivity contribution in [3.8, 4) is 0 Å². The van der Waals surface area contributed by atoms with E-state index in [2.05, 4.69) is 39.6 Å². The minimum Gasteiger partial charge on any atom is -0.358 e. The highest BCUT2D eigenvalue weighted by molar-refractivity contribution is 9.10. The van der Waals surface area contributed by atoms with Crippen LogP contribution < -0.4 is 10.6 Å². The van der Waals surface area contributed by atoms with Crippen LogP contribution in [0.4, 0.5) is 0 Å². The lowest BCUT2D eigenvalue weighted by molar-refractivity contribution is -0.118. The molecule has 0 radical (unpaired) electrons. The number of thioether (sulfide) groups is 1. The van der Waals surface area contributed by atoms with E-state index in [0.29, 0.717) is 5.75 Å². The average Bonchev–Trinajstić information content (AvgIpc) is 2.34. The Labute approximate surface area is 115 Å². The van der Waals surface area contributed by atoms with Crippen molar-refractivity contribution in [3.63, 3.8) is 0 Å². The molecule has 1 aromatic rings. The van der Waals surface area contributed by atoms with Crippen molar-refractivity contribution in [1.29, 1.82) is 0 Å². The molecule has 3 nitrogen and oxygen atoms in total. The van der Waals surface area contributed by atoms with E-state index >= 15 is 0 Å². The molecule has 1 rings (SSSR count). The average molecular weight is 317 g/mol. The number of rotatable bonds is 6. The van der Waals surface area contributed by atoms with Gasteiger partial charge < -0.3 is 10.6 Å². The summed E-state index contributed by atoms with van der Waals surface area (Å²) in [5, 5.41) is 5.92. The zero-order valence-electron chi connectivity index (χ0n) is 10.0. The molecule has 0 unspecified atom stereocenters. The molecular formula is C12H17BrN2OS. The normalized spacial score (nSPS) is 10.3. The molecular weight excluding hydrogens is 300 g/mol. The molecule has 0 saturated carbocycles. The molecule has 5 heteroatoms. The van der Waals surface area contributed by atoms with Gasteiger partial charge in [-0.25, -0.2) is 0 Å². The minimum absolute atomic E-state index is 0.0484. The van der Waals surface area contributed by atoms with E-state index in [1.54, 1.807) is 18.8 Å². The molecule has 0 aliphatic carbocycles. The Bertz CT molecular complexity index is 385. The summed E-state index contributed by atoms with van der Waals surface area (Å²) in [7, 11) is 1.66. The van der Waals surface area contributed by atoms with Crippen LogP contribution in [-0.2, 0) is 11.3 Å². The van der Waals surface area contributed by atoms with E-state index in [1.165, 1.54) is 5.56 Å². The Hall–Kier alpha value is -0.520. The van der Waals surface area contributed by atoms with Gasteiger partial charge >= 0.3 is 0 Å². The second-order valence-corrected chi connectivity index (χ2v) is 5.43. The van der Waals surface area contributed by atoms with Crippen molar-refractivity contribution >= 4 is 33.6 Å². The number of nitrogens with one attached hydrogen (secondary N) is 2. The van der Waals surface area contributed by atoms with Gasteiger partial charge in [0.1, 0.15) is 0 Å². The molecule has 1 amide bonds. The summed E-state index contributed by atoms with van der Waals surface area (Å²) in [5.41, 5.74) is 1.22. The SMILES string of the molecule is CCNCc1cc(Br)ccc1SCC(=O)NC. The first-order valence-corrected chi connectivity index (χ1v) is 7.27. The maximum atomic E-state index is 11.2. The van der Waals surface area contributed by atoms with Crippen LogP contribution in [0, 0.1) is 0 Å². The molecule has 0 bridgehead atoms. The predicted molar refractivity (Wildman–Crippen MR) is 76.3 cm³/mol. The van der Waals surface area contributed by atoms with Gasteiger partial charge in [-0.15, -0.1) is 11.8 Å². The van der Waals surface area contributed by atoms with Gasteiger partial charge in [0, 0.05) is 23.0 Å². The molecule has 94 valence electrons. The van der Waals surface area contributed by atoms with Gasteiger partial charge in [-0.05, 0) is 30.3 Å². The third kappa shape index (κ3) is 5.10. The van der Waals surface area contributed by atoms with E-state index in [9.17, 15) is 4.79 Å². The largest absolute Gasteiger partial charge is 0.358 e. The van der Waals surface area contributed by atoms with Gasteiger partial charge in [0.2, 0.25) is 5.91 Å². The molecule has 1 aromatic carbocycles. The number of carbonyl (C=O) groups is 1. The monoisotopic (exact) mass is 316 g/mol. The fraction of sp³-hybridized carbons (Fsp3) is 0.417. The second kappa shape index (κ2) is 7.74. The summed E-state index contributed by atoms with van der Waals surface area (Å²) in [4.78, 5) is 12.4. The van der Waals surface area contributed by atoms with Gasteiger partial charge in [-0.3, -0.25) is 4.79 Å². The zero-order valence-corrected chi connectivity index (χ0v) is 12.5. The van der Waals surface area contributed by atoms with Crippen molar-refractivity contribution < 1.29 is 4.79 Å². The van der Waals surface area contributed by atoms with E-state index < -0.39 is 0 Å². The highest BCUT2D eigenvalue weighted by Gasteiger charge is 2.06. The van der Waals surface area contributed by atoms with Crippen LogP contribution in [0.1, 0.15) is 12.5 Å². The molecule has 0 atom stereocenters. The van der Waals surface area contributed by atoms with Gasteiger partial charge in [-0.1, -0.05) is 22.9 Å². The summed E-state index contributed by atoms with van der Waals surface area (Å²) in [5.74, 6) is 0.504. The summed E-state index contributed by atoms with van der Waals surface area (Å²) < 4.78 is 1.06. The number of carbonyl (C=O) groups excluding carboxylic acids is 1. The Balaban J connectivity index is 2.71. The number of halogens is 1. The zero-order chi connectivity index (χ0) is 12.7. The van der Waals surface area contributed by atoms with E-state index in [0.717, 1.165) is 22.5 Å². The maximum absolute atomic E-state index is 11.2. The molecule has 0 aliphatic rings. The molecule has 0 aliphatic heterocycles. The lowest BCUT2D eigenvalue weighted by Crippen LogP contribution is -2.20. The first-order valence-electron chi connectivity index (χ1n) is 5.50. The highest BCUT2D eigenvalue weighted by Crippen LogP contribution is 2.25. The third-order valence-electron chi connectivity index (χ3n) is 2.23. The molecule has 0 spiro atoms. The molecule has 0 heterocycles. The Morgan fingerprint density at radius 3 is 2.88 bits per heavy atom. The molecule has 17 heavy (non-hydrogen) atoms. The van der Waals surface area contributed by atoms with Crippen molar-refractivity contribution in [2.24, 2.45) is 0 Å². The highest BCUT2D eigenvalue weighted by atomic mass is 79.9. The van der Waals surface area contributed by atoms with Crippen LogP contribution >= 0.6 is 27.7 Å². The van der Waals surface area contributed by atoms with Gasteiger partial charge in [0.05, 0.1) is 5.75 Å².